The van der Waals surface area contributed by atoms with Gasteiger partial charge in [-0.1, -0.05) is 13.8 Å². The highest BCUT2D eigenvalue weighted by atomic mass is 16.3. The monoisotopic (exact) mass is 261 g/mol. The Kier molecular flexibility index (Phi) is 2.59. The molecular formula is C14H19N3O2. The number of rotatable bonds is 2. The van der Waals surface area contributed by atoms with Gasteiger partial charge < -0.3 is 20.5 Å². The third-order valence-corrected chi connectivity index (χ3v) is 4.40. The normalized spacial score (nSPS) is 25.5. The number of hydrogen-bond donors (Lipinski definition) is 3. The van der Waals surface area contributed by atoms with Gasteiger partial charge in [-0.25, -0.2) is 4.98 Å². The average Bonchev–Trinajstić information content (AvgIpc) is 2.72. The molecule has 5 heteroatoms. The van der Waals surface area contributed by atoms with Crippen LogP contribution in [-0.2, 0) is 6.61 Å². The Morgan fingerprint density at radius 2 is 2.21 bits per heavy atom. The van der Waals surface area contributed by atoms with E-state index < -0.39 is 0 Å². The van der Waals surface area contributed by atoms with Crippen molar-refractivity contribution in [2.45, 2.75) is 39.0 Å². The Morgan fingerprint density at radius 3 is 2.79 bits per heavy atom. The summed E-state index contributed by atoms with van der Waals surface area (Å²) in [6, 6.07) is 5.73. The van der Waals surface area contributed by atoms with Crippen LogP contribution in [0.15, 0.2) is 18.2 Å². The van der Waals surface area contributed by atoms with E-state index >= 15 is 0 Å². The maximum atomic E-state index is 9.91. The van der Waals surface area contributed by atoms with Crippen molar-refractivity contribution >= 4 is 16.7 Å². The van der Waals surface area contributed by atoms with E-state index in [0.29, 0.717) is 17.9 Å². The molecule has 1 aromatic heterocycles. The van der Waals surface area contributed by atoms with Crippen LogP contribution in [0.1, 0.15) is 32.1 Å². The second-order valence-electron chi connectivity index (χ2n) is 5.89. The van der Waals surface area contributed by atoms with Gasteiger partial charge in [0.2, 0.25) is 0 Å². The molecule has 19 heavy (non-hydrogen) atoms. The molecular weight excluding hydrogens is 242 g/mol. The van der Waals surface area contributed by atoms with Gasteiger partial charge in [-0.15, -0.1) is 0 Å². The molecule has 102 valence electrons. The Balaban J connectivity index is 2.17. The molecule has 0 bridgehead atoms. The molecule has 1 aliphatic carbocycles. The van der Waals surface area contributed by atoms with Gasteiger partial charge in [-0.2, -0.15) is 0 Å². The summed E-state index contributed by atoms with van der Waals surface area (Å²) >= 11 is 0. The van der Waals surface area contributed by atoms with Gasteiger partial charge in [0.05, 0.1) is 17.1 Å². The zero-order valence-electron chi connectivity index (χ0n) is 11.2. The first-order valence-electron chi connectivity index (χ1n) is 6.50. The molecule has 1 heterocycles. The molecule has 0 aliphatic heterocycles. The van der Waals surface area contributed by atoms with Crippen molar-refractivity contribution < 1.29 is 10.2 Å². The highest BCUT2D eigenvalue weighted by molar-refractivity contribution is 5.80. The van der Waals surface area contributed by atoms with Crippen molar-refractivity contribution in [2.24, 2.45) is 5.41 Å². The molecule has 2 aromatic rings. The summed E-state index contributed by atoms with van der Waals surface area (Å²) in [6.45, 7) is 3.96. The number of aliphatic hydroxyl groups excluding tert-OH is 2. The van der Waals surface area contributed by atoms with Gasteiger partial charge in [-0.3, -0.25) is 0 Å². The molecule has 2 unspecified atom stereocenters. The van der Waals surface area contributed by atoms with Crippen molar-refractivity contribution in [1.82, 2.24) is 9.55 Å². The van der Waals surface area contributed by atoms with E-state index in [1.807, 2.05) is 36.6 Å². The minimum atomic E-state index is -0.310. The first kappa shape index (κ1) is 12.4. The predicted octanol–water partition coefficient (Wildman–Crippen LogP) is 1.44. The van der Waals surface area contributed by atoms with Crippen LogP contribution in [0.3, 0.4) is 0 Å². The minimum Gasteiger partial charge on any atom is -0.399 e. The molecule has 0 radical (unpaired) electrons. The molecule has 0 saturated heterocycles. The third kappa shape index (κ3) is 1.65. The summed E-state index contributed by atoms with van der Waals surface area (Å²) in [6.07, 6.45) is 0.380. The van der Waals surface area contributed by atoms with Crippen LogP contribution in [0, 0.1) is 5.41 Å². The van der Waals surface area contributed by atoms with Gasteiger partial charge >= 0.3 is 0 Å². The average molecular weight is 261 g/mol. The molecule has 1 aliphatic rings. The van der Waals surface area contributed by atoms with Crippen LogP contribution in [0.4, 0.5) is 5.69 Å². The molecule has 2 atom stereocenters. The summed E-state index contributed by atoms with van der Waals surface area (Å²) in [4.78, 5) is 4.44. The molecule has 5 nitrogen and oxygen atoms in total. The number of aliphatic hydroxyl groups is 2. The molecule has 0 spiro atoms. The van der Waals surface area contributed by atoms with Crippen molar-refractivity contribution in [1.29, 1.82) is 0 Å². The standard InChI is InChI=1S/C14H19N3O2/c1-14(2)11(6-12(14)19)17-10-4-3-8(15)5-9(10)16-13(17)7-18/h3-5,11-12,18-19H,6-7,15H2,1-2H3. The van der Waals surface area contributed by atoms with Crippen molar-refractivity contribution in [3.05, 3.63) is 24.0 Å². The number of hydrogen-bond acceptors (Lipinski definition) is 4. The fourth-order valence-corrected chi connectivity index (χ4v) is 2.94. The van der Waals surface area contributed by atoms with Crippen molar-refractivity contribution in [2.75, 3.05) is 5.73 Å². The largest absolute Gasteiger partial charge is 0.399 e. The van der Waals surface area contributed by atoms with Crippen molar-refractivity contribution in [3.8, 4) is 0 Å². The second-order valence-corrected chi connectivity index (χ2v) is 5.89. The first-order chi connectivity index (χ1) is 8.95. The lowest BCUT2D eigenvalue weighted by atomic mass is 9.64. The number of benzene rings is 1. The predicted molar refractivity (Wildman–Crippen MR) is 73.5 cm³/mol. The van der Waals surface area contributed by atoms with E-state index in [1.54, 1.807) is 0 Å². The Bertz CT molecular complexity index is 633. The first-order valence-corrected chi connectivity index (χ1v) is 6.50. The van der Waals surface area contributed by atoms with Gasteiger partial charge in [0.25, 0.3) is 0 Å². The lowest BCUT2D eigenvalue weighted by molar-refractivity contribution is -0.0893. The Hall–Kier alpha value is -1.59. The fourth-order valence-electron chi connectivity index (χ4n) is 2.94. The lowest BCUT2D eigenvalue weighted by Crippen LogP contribution is -2.50. The maximum Gasteiger partial charge on any atom is 0.135 e. The summed E-state index contributed by atoms with van der Waals surface area (Å²) in [5.74, 6) is 0.630. The zero-order valence-corrected chi connectivity index (χ0v) is 11.2. The van der Waals surface area contributed by atoms with E-state index in [4.69, 9.17) is 5.73 Å². The van der Waals surface area contributed by atoms with Gasteiger partial charge in [0.1, 0.15) is 12.4 Å². The van der Waals surface area contributed by atoms with Crippen LogP contribution in [0.25, 0.3) is 11.0 Å². The number of aromatic nitrogens is 2. The highest BCUT2D eigenvalue weighted by Gasteiger charge is 2.49. The third-order valence-electron chi connectivity index (χ3n) is 4.40. The number of nitrogen functional groups attached to an aromatic ring is 1. The quantitative estimate of drug-likeness (QED) is 0.714. The van der Waals surface area contributed by atoms with Crippen LogP contribution in [0.2, 0.25) is 0 Å². The summed E-state index contributed by atoms with van der Waals surface area (Å²) in [7, 11) is 0. The zero-order chi connectivity index (χ0) is 13.8. The molecule has 1 saturated carbocycles. The smallest absolute Gasteiger partial charge is 0.135 e. The molecule has 0 amide bonds. The van der Waals surface area contributed by atoms with E-state index in [0.717, 1.165) is 11.0 Å². The Labute approximate surface area is 111 Å². The maximum absolute atomic E-state index is 9.91. The molecule has 1 fully saturated rings. The van der Waals surface area contributed by atoms with E-state index in [-0.39, 0.29) is 24.2 Å². The summed E-state index contributed by atoms with van der Waals surface area (Å²) in [5.41, 5.74) is 7.98. The summed E-state index contributed by atoms with van der Waals surface area (Å²) < 4.78 is 2.04. The second kappa shape index (κ2) is 3.95. The summed E-state index contributed by atoms with van der Waals surface area (Å²) in [5, 5.41) is 19.4. The highest BCUT2D eigenvalue weighted by Crippen LogP contribution is 2.51. The van der Waals surface area contributed by atoms with E-state index in [1.165, 1.54) is 0 Å². The van der Waals surface area contributed by atoms with Gasteiger partial charge in [0.15, 0.2) is 0 Å². The number of imidazole rings is 1. The SMILES string of the molecule is CC1(C)C(O)CC1n1c(CO)nc2cc(N)ccc21. The molecule has 4 N–H and O–H groups in total. The number of nitrogens with zero attached hydrogens (tertiary/aromatic N) is 2. The van der Waals surface area contributed by atoms with Gasteiger partial charge in [-0.05, 0) is 24.6 Å². The number of fused-ring (bicyclic) bond motifs is 1. The number of nitrogens with two attached hydrogens (primary N) is 1. The van der Waals surface area contributed by atoms with Crippen molar-refractivity contribution in [3.63, 3.8) is 0 Å². The number of anilines is 1. The fraction of sp³-hybridized carbons (Fsp3) is 0.500. The van der Waals surface area contributed by atoms with Crippen LogP contribution >= 0.6 is 0 Å². The minimum absolute atomic E-state index is 0.114. The molecule has 3 rings (SSSR count). The van der Waals surface area contributed by atoms with Crippen LogP contribution in [-0.4, -0.2) is 25.9 Å². The lowest BCUT2D eigenvalue weighted by Gasteiger charge is -2.50. The van der Waals surface area contributed by atoms with E-state index in [2.05, 4.69) is 4.98 Å². The Morgan fingerprint density at radius 1 is 1.47 bits per heavy atom. The van der Waals surface area contributed by atoms with Gasteiger partial charge in [0, 0.05) is 17.1 Å². The molecule has 1 aromatic carbocycles. The van der Waals surface area contributed by atoms with Crippen LogP contribution < -0.4 is 5.73 Å². The topological polar surface area (TPSA) is 84.3 Å². The van der Waals surface area contributed by atoms with E-state index in [9.17, 15) is 10.2 Å². The van der Waals surface area contributed by atoms with Crippen LogP contribution in [0.5, 0.6) is 0 Å².